The van der Waals surface area contributed by atoms with Gasteiger partial charge in [-0.2, -0.15) is 5.10 Å². The maximum Gasteiger partial charge on any atom is 0.238 e. The number of aromatic nitrogens is 2. The number of hydrogen-bond donors (Lipinski definition) is 2. The van der Waals surface area contributed by atoms with Gasteiger partial charge in [0.2, 0.25) is 5.91 Å². The number of aryl methyl sites for hydroxylation is 1. The van der Waals surface area contributed by atoms with E-state index in [2.05, 4.69) is 22.1 Å². The molecule has 5 nitrogen and oxygen atoms in total. The summed E-state index contributed by atoms with van der Waals surface area (Å²) in [5.74, 6) is 1.41. The highest BCUT2D eigenvalue weighted by Gasteiger charge is 2.32. The highest BCUT2D eigenvalue weighted by atomic mass is 32.2. The van der Waals surface area contributed by atoms with Gasteiger partial charge in [0.25, 0.3) is 0 Å². The number of carbonyl (C=O) groups is 1. The third-order valence-corrected chi connectivity index (χ3v) is 5.16. The zero-order chi connectivity index (χ0) is 16.4. The number of benzene rings is 1. The Hall–Kier alpha value is -2.21. The molecule has 23 heavy (non-hydrogen) atoms. The van der Waals surface area contributed by atoms with Gasteiger partial charge in [0.15, 0.2) is 5.82 Å². The smallest absolute Gasteiger partial charge is 0.238 e. The minimum atomic E-state index is -0.148. The van der Waals surface area contributed by atoms with Gasteiger partial charge in [0, 0.05) is 11.3 Å². The van der Waals surface area contributed by atoms with E-state index >= 15 is 0 Å². The molecule has 0 spiro atoms. The molecule has 1 aromatic heterocycles. The molecule has 0 saturated carbocycles. The average molecular weight is 329 g/mol. The molecule has 0 saturated heterocycles. The van der Waals surface area contributed by atoms with E-state index in [-0.39, 0.29) is 16.4 Å². The quantitative estimate of drug-likeness (QED) is 0.843. The van der Waals surface area contributed by atoms with E-state index in [0.717, 1.165) is 22.6 Å². The van der Waals surface area contributed by atoms with E-state index in [1.807, 2.05) is 38.1 Å². The van der Waals surface area contributed by atoms with Gasteiger partial charge in [0.1, 0.15) is 12.4 Å². The van der Waals surface area contributed by atoms with Crippen molar-refractivity contribution in [2.24, 2.45) is 0 Å². The lowest BCUT2D eigenvalue weighted by atomic mass is 10.0. The third kappa shape index (κ3) is 3.12. The molecule has 0 aliphatic carbocycles. The van der Waals surface area contributed by atoms with Crippen molar-refractivity contribution in [3.05, 3.63) is 53.7 Å². The van der Waals surface area contributed by atoms with Crippen LogP contribution in [0.25, 0.3) is 0 Å². The first kappa shape index (κ1) is 15.7. The number of anilines is 1. The molecule has 6 heteroatoms. The van der Waals surface area contributed by atoms with Gasteiger partial charge < -0.3 is 10.1 Å². The van der Waals surface area contributed by atoms with Crippen molar-refractivity contribution in [1.82, 2.24) is 10.2 Å². The number of nitrogens with zero attached hydrogens (tertiary/aromatic N) is 1. The number of rotatable bonds is 4. The van der Waals surface area contributed by atoms with Gasteiger partial charge in [-0.25, -0.2) is 0 Å². The summed E-state index contributed by atoms with van der Waals surface area (Å²) in [6.07, 6.45) is 1.72. The molecule has 2 aromatic rings. The maximum atomic E-state index is 12.1. The van der Waals surface area contributed by atoms with E-state index in [0.29, 0.717) is 12.4 Å². The van der Waals surface area contributed by atoms with Crippen molar-refractivity contribution < 1.29 is 9.53 Å². The summed E-state index contributed by atoms with van der Waals surface area (Å²) in [6, 6.07) is 7.96. The van der Waals surface area contributed by atoms with E-state index in [1.54, 1.807) is 17.8 Å². The van der Waals surface area contributed by atoms with Crippen LogP contribution < -0.4 is 10.1 Å². The molecule has 1 aliphatic heterocycles. The largest absolute Gasteiger partial charge is 0.490 e. The lowest BCUT2D eigenvalue weighted by molar-refractivity contribution is -0.115. The average Bonchev–Trinajstić information content (AvgIpc) is 2.85. The highest BCUT2D eigenvalue weighted by molar-refractivity contribution is 8.01. The number of fused-ring (bicyclic) bond motifs is 1. The fraction of sp³-hybridized carbons (Fsp3) is 0.294. The van der Waals surface area contributed by atoms with Crippen LogP contribution in [0.2, 0.25) is 0 Å². The second-order valence-corrected chi connectivity index (χ2v) is 6.88. The van der Waals surface area contributed by atoms with Crippen molar-refractivity contribution in [3.63, 3.8) is 0 Å². The van der Waals surface area contributed by atoms with Gasteiger partial charge in [-0.15, -0.1) is 11.8 Å². The standard InChI is InChI=1S/C17H19N3O2S/c1-4-9-22-13-7-5-12(6-8-13)15-14-10(2)19-20-16(14)18-17(21)11(3)23-15/h4-8,11,15H,1,9H2,2-3H3,(H2,18,19,20,21)/t11-,15-/m0/s1. The molecule has 2 N–H and O–H groups in total. The first-order valence-electron chi connectivity index (χ1n) is 7.45. The van der Waals surface area contributed by atoms with Gasteiger partial charge in [-0.3, -0.25) is 9.89 Å². The van der Waals surface area contributed by atoms with Crippen LogP contribution in [0.1, 0.15) is 29.0 Å². The molecular formula is C17H19N3O2S. The number of ether oxygens (including phenoxy) is 1. The molecular weight excluding hydrogens is 310 g/mol. The fourth-order valence-electron chi connectivity index (χ4n) is 2.55. The normalized spacial score (nSPS) is 20.3. The molecule has 3 rings (SSSR count). The van der Waals surface area contributed by atoms with Gasteiger partial charge in [0.05, 0.1) is 10.5 Å². The second kappa shape index (κ2) is 6.50. The summed E-state index contributed by atoms with van der Waals surface area (Å²) in [4.78, 5) is 12.1. The zero-order valence-electron chi connectivity index (χ0n) is 13.1. The van der Waals surface area contributed by atoms with E-state index in [4.69, 9.17) is 4.74 Å². The third-order valence-electron chi connectivity index (χ3n) is 3.76. The number of aromatic amines is 1. The van der Waals surface area contributed by atoms with Crippen LogP contribution in [0.4, 0.5) is 5.82 Å². The predicted octanol–water partition coefficient (Wildman–Crippen LogP) is 3.45. The maximum absolute atomic E-state index is 12.1. The van der Waals surface area contributed by atoms with Crippen LogP contribution in [0.15, 0.2) is 36.9 Å². The second-order valence-electron chi connectivity index (χ2n) is 5.43. The van der Waals surface area contributed by atoms with Crippen molar-refractivity contribution in [2.45, 2.75) is 24.3 Å². The van der Waals surface area contributed by atoms with E-state index in [1.165, 1.54) is 0 Å². The molecule has 0 radical (unpaired) electrons. The summed E-state index contributed by atoms with van der Waals surface area (Å²) in [5.41, 5.74) is 3.13. The summed E-state index contributed by atoms with van der Waals surface area (Å²) in [7, 11) is 0. The molecule has 1 aliphatic rings. The highest BCUT2D eigenvalue weighted by Crippen LogP contribution is 2.44. The van der Waals surface area contributed by atoms with Crippen LogP contribution in [0.5, 0.6) is 5.75 Å². The first-order chi connectivity index (χ1) is 11.1. The fourth-order valence-corrected chi connectivity index (χ4v) is 3.87. The number of hydrogen-bond acceptors (Lipinski definition) is 4. The Morgan fingerprint density at radius 2 is 2.13 bits per heavy atom. The Labute approximate surface area is 139 Å². The van der Waals surface area contributed by atoms with Crippen LogP contribution in [-0.4, -0.2) is 28.0 Å². The summed E-state index contributed by atoms with van der Waals surface area (Å²) in [6.45, 7) is 8.02. The van der Waals surface area contributed by atoms with Gasteiger partial charge in [-0.05, 0) is 31.5 Å². The number of amides is 1. The van der Waals surface area contributed by atoms with Crippen molar-refractivity contribution in [2.75, 3.05) is 11.9 Å². The zero-order valence-corrected chi connectivity index (χ0v) is 13.9. The molecule has 1 amide bonds. The van der Waals surface area contributed by atoms with Crippen molar-refractivity contribution >= 4 is 23.5 Å². The summed E-state index contributed by atoms with van der Waals surface area (Å²) in [5, 5.41) is 9.99. The van der Waals surface area contributed by atoms with E-state index < -0.39 is 0 Å². The number of H-pyrrole nitrogens is 1. The molecule has 0 bridgehead atoms. The van der Waals surface area contributed by atoms with E-state index in [9.17, 15) is 4.79 Å². The topological polar surface area (TPSA) is 67.0 Å². The summed E-state index contributed by atoms with van der Waals surface area (Å²) < 4.78 is 5.53. The first-order valence-corrected chi connectivity index (χ1v) is 8.39. The number of thioether (sulfide) groups is 1. The Morgan fingerprint density at radius 3 is 2.83 bits per heavy atom. The number of nitrogens with one attached hydrogen (secondary N) is 2. The molecule has 120 valence electrons. The van der Waals surface area contributed by atoms with Crippen LogP contribution >= 0.6 is 11.8 Å². The van der Waals surface area contributed by atoms with Crippen molar-refractivity contribution in [3.8, 4) is 5.75 Å². The Balaban J connectivity index is 1.95. The predicted molar refractivity (Wildman–Crippen MR) is 93.0 cm³/mol. The van der Waals surface area contributed by atoms with Crippen LogP contribution in [0.3, 0.4) is 0 Å². The molecule has 0 unspecified atom stereocenters. The lowest BCUT2D eigenvalue weighted by Gasteiger charge is -2.18. The summed E-state index contributed by atoms with van der Waals surface area (Å²) >= 11 is 1.62. The Morgan fingerprint density at radius 1 is 1.39 bits per heavy atom. The lowest BCUT2D eigenvalue weighted by Crippen LogP contribution is -2.21. The Kier molecular flexibility index (Phi) is 4.43. The van der Waals surface area contributed by atoms with Crippen LogP contribution in [-0.2, 0) is 4.79 Å². The molecule has 2 atom stereocenters. The van der Waals surface area contributed by atoms with Gasteiger partial charge >= 0.3 is 0 Å². The molecule has 0 fully saturated rings. The van der Waals surface area contributed by atoms with Crippen molar-refractivity contribution in [1.29, 1.82) is 0 Å². The number of carbonyl (C=O) groups excluding carboxylic acids is 1. The molecule has 1 aromatic carbocycles. The minimum Gasteiger partial charge on any atom is -0.490 e. The SMILES string of the molecule is C=CCOc1ccc([C@@H]2S[C@@H](C)C(=O)Nc3n[nH]c(C)c32)cc1. The van der Waals surface area contributed by atoms with Crippen LogP contribution in [0, 0.1) is 6.92 Å². The monoisotopic (exact) mass is 329 g/mol. The Bertz CT molecular complexity index is 724. The van der Waals surface area contributed by atoms with Gasteiger partial charge in [-0.1, -0.05) is 24.8 Å². The molecule has 2 heterocycles. The minimum absolute atomic E-state index is 0.0174.